The maximum absolute atomic E-state index is 7.50. The number of para-hydroxylation sites is 1. The number of rotatable bonds is 4. The molecule has 0 atom stereocenters. The summed E-state index contributed by atoms with van der Waals surface area (Å²) in [5.74, 6) is 0.670. The molecule has 20 heavy (non-hydrogen) atoms. The van der Waals surface area contributed by atoms with Crippen molar-refractivity contribution >= 4 is 30.6 Å². The number of benzene rings is 2. The number of nitrogens with one attached hydrogen (secondary N) is 1. The third kappa shape index (κ3) is 4.44. The highest BCUT2D eigenvalue weighted by Crippen LogP contribution is 2.19. The Morgan fingerprint density at radius 2 is 1.65 bits per heavy atom. The number of nitrogens with two attached hydrogens (primary N) is 1. The molecule has 0 bridgehead atoms. The van der Waals surface area contributed by atoms with Crippen LogP contribution < -0.4 is 10.5 Å². The van der Waals surface area contributed by atoms with Gasteiger partial charge in [-0.3, -0.25) is 5.41 Å². The van der Waals surface area contributed by atoms with Crippen molar-refractivity contribution in [2.24, 2.45) is 5.73 Å². The molecule has 2 aromatic carbocycles. The predicted octanol–water partition coefficient (Wildman–Crippen LogP) is 3.70. The third-order valence-corrected chi connectivity index (χ3v) is 2.82. The van der Waals surface area contributed by atoms with Gasteiger partial charge >= 0.3 is 0 Å². The van der Waals surface area contributed by atoms with Crippen LogP contribution in [-0.4, -0.2) is 5.84 Å². The van der Waals surface area contributed by atoms with Crippen LogP contribution in [0.15, 0.2) is 48.5 Å². The van der Waals surface area contributed by atoms with Gasteiger partial charge in [0.25, 0.3) is 0 Å². The van der Waals surface area contributed by atoms with Gasteiger partial charge in [0.05, 0.1) is 5.56 Å². The lowest BCUT2D eigenvalue weighted by molar-refractivity contribution is 0.305. The molecule has 0 saturated carbocycles. The van der Waals surface area contributed by atoms with Crippen molar-refractivity contribution < 1.29 is 4.74 Å². The Balaban J connectivity index is 0.00000180. The van der Waals surface area contributed by atoms with Crippen molar-refractivity contribution in [1.29, 1.82) is 5.41 Å². The van der Waals surface area contributed by atoms with Gasteiger partial charge in [-0.2, -0.15) is 0 Å². The average Bonchev–Trinajstić information content (AvgIpc) is 2.38. The number of nitrogen functional groups attached to an aromatic ring is 1. The van der Waals surface area contributed by atoms with E-state index in [4.69, 9.17) is 15.9 Å². The van der Waals surface area contributed by atoms with Gasteiger partial charge < -0.3 is 10.5 Å². The molecule has 0 heterocycles. The van der Waals surface area contributed by atoms with Gasteiger partial charge in [-0.1, -0.05) is 36.4 Å². The normalized spacial score (nSPS) is 9.05. The van der Waals surface area contributed by atoms with E-state index in [0.717, 1.165) is 5.56 Å². The van der Waals surface area contributed by atoms with Gasteiger partial charge in [0.2, 0.25) is 0 Å². The Morgan fingerprint density at radius 1 is 1.05 bits per heavy atom. The van der Waals surface area contributed by atoms with E-state index in [1.807, 2.05) is 36.4 Å². The molecular formula is C15H18Cl2N2O. The molecule has 2 rings (SSSR count). The third-order valence-electron chi connectivity index (χ3n) is 2.82. The minimum atomic E-state index is 0. The van der Waals surface area contributed by atoms with E-state index >= 15 is 0 Å². The lowest BCUT2D eigenvalue weighted by Crippen LogP contribution is -2.13. The molecule has 0 saturated heterocycles. The molecule has 0 aliphatic rings. The Kier molecular flexibility index (Phi) is 7.74. The minimum Gasteiger partial charge on any atom is -0.488 e. The fourth-order valence-electron chi connectivity index (χ4n) is 1.74. The second kappa shape index (κ2) is 8.46. The second-order valence-corrected chi connectivity index (χ2v) is 4.12. The smallest absolute Gasteiger partial charge is 0.130 e. The summed E-state index contributed by atoms with van der Waals surface area (Å²) in [5.41, 5.74) is 8.47. The lowest BCUT2D eigenvalue weighted by Gasteiger charge is -2.11. The summed E-state index contributed by atoms with van der Waals surface area (Å²) in [6, 6.07) is 15.4. The molecule has 0 fully saturated rings. The molecule has 0 unspecified atom stereocenters. The SMILES string of the molecule is Cc1ccccc1COc1ccccc1C(=N)N.Cl.Cl. The first-order valence-electron chi connectivity index (χ1n) is 5.79. The topological polar surface area (TPSA) is 59.1 Å². The van der Waals surface area contributed by atoms with Crippen LogP contribution in [0, 0.1) is 12.3 Å². The molecule has 0 spiro atoms. The Labute approximate surface area is 131 Å². The highest BCUT2D eigenvalue weighted by atomic mass is 35.5. The van der Waals surface area contributed by atoms with Gasteiger partial charge in [-0.05, 0) is 30.2 Å². The Bertz CT molecular complexity index is 573. The molecule has 5 heteroatoms. The number of aryl methyl sites for hydroxylation is 1. The molecule has 0 aliphatic carbocycles. The first kappa shape index (κ1) is 18.3. The fourth-order valence-corrected chi connectivity index (χ4v) is 1.74. The van der Waals surface area contributed by atoms with Crippen LogP contribution in [0.25, 0.3) is 0 Å². The Morgan fingerprint density at radius 3 is 2.30 bits per heavy atom. The molecule has 108 valence electrons. The average molecular weight is 313 g/mol. The molecule has 0 aliphatic heterocycles. The molecule has 2 aromatic rings. The van der Waals surface area contributed by atoms with Crippen LogP contribution >= 0.6 is 24.8 Å². The van der Waals surface area contributed by atoms with Gasteiger partial charge in [-0.25, -0.2) is 0 Å². The first-order chi connectivity index (χ1) is 8.68. The summed E-state index contributed by atoms with van der Waals surface area (Å²) >= 11 is 0. The number of amidine groups is 1. The standard InChI is InChI=1S/C15H16N2O.2ClH/c1-11-6-2-3-7-12(11)10-18-14-9-5-4-8-13(14)15(16)17;;/h2-9H,10H2,1H3,(H3,16,17);2*1H. The maximum atomic E-state index is 7.50. The van der Waals surface area contributed by atoms with Crippen molar-refractivity contribution in [2.75, 3.05) is 0 Å². The second-order valence-electron chi connectivity index (χ2n) is 4.12. The van der Waals surface area contributed by atoms with E-state index in [-0.39, 0.29) is 30.6 Å². The largest absolute Gasteiger partial charge is 0.488 e. The number of halogens is 2. The monoisotopic (exact) mass is 312 g/mol. The number of ether oxygens (including phenoxy) is 1. The van der Waals surface area contributed by atoms with E-state index < -0.39 is 0 Å². The van der Waals surface area contributed by atoms with Crippen LogP contribution in [0.3, 0.4) is 0 Å². The number of hydrogen-bond acceptors (Lipinski definition) is 2. The van der Waals surface area contributed by atoms with Crippen molar-refractivity contribution in [1.82, 2.24) is 0 Å². The summed E-state index contributed by atoms with van der Waals surface area (Å²) in [5, 5.41) is 7.50. The summed E-state index contributed by atoms with van der Waals surface area (Å²) < 4.78 is 5.74. The highest BCUT2D eigenvalue weighted by Gasteiger charge is 2.06. The lowest BCUT2D eigenvalue weighted by atomic mass is 10.1. The first-order valence-corrected chi connectivity index (χ1v) is 5.79. The summed E-state index contributed by atoms with van der Waals surface area (Å²) in [6.45, 7) is 2.53. The van der Waals surface area contributed by atoms with Crippen LogP contribution in [0.1, 0.15) is 16.7 Å². The van der Waals surface area contributed by atoms with Crippen LogP contribution in [0.2, 0.25) is 0 Å². The van der Waals surface area contributed by atoms with Gasteiger partial charge in [0.1, 0.15) is 18.2 Å². The molecule has 0 aromatic heterocycles. The Hall–Kier alpha value is -1.71. The van der Waals surface area contributed by atoms with Gasteiger partial charge in [0, 0.05) is 0 Å². The van der Waals surface area contributed by atoms with Crippen LogP contribution in [-0.2, 0) is 6.61 Å². The summed E-state index contributed by atoms with van der Waals surface area (Å²) in [7, 11) is 0. The number of hydrogen-bond donors (Lipinski definition) is 2. The molecule has 0 amide bonds. The van der Waals surface area contributed by atoms with E-state index in [9.17, 15) is 0 Å². The van der Waals surface area contributed by atoms with Crippen LogP contribution in [0.4, 0.5) is 0 Å². The molecule has 3 N–H and O–H groups in total. The predicted molar refractivity (Wildman–Crippen MR) is 87.5 cm³/mol. The van der Waals surface area contributed by atoms with Gasteiger partial charge in [-0.15, -0.1) is 24.8 Å². The van der Waals surface area contributed by atoms with E-state index in [1.54, 1.807) is 6.07 Å². The van der Waals surface area contributed by atoms with Crippen molar-refractivity contribution in [3.63, 3.8) is 0 Å². The summed E-state index contributed by atoms with van der Waals surface area (Å²) in [6.07, 6.45) is 0. The molecule has 3 nitrogen and oxygen atoms in total. The van der Waals surface area contributed by atoms with Crippen molar-refractivity contribution in [3.8, 4) is 5.75 Å². The zero-order valence-electron chi connectivity index (χ0n) is 11.1. The summed E-state index contributed by atoms with van der Waals surface area (Å²) in [4.78, 5) is 0. The molecular weight excluding hydrogens is 295 g/mol. The van der Waals surface area contributed by atoms with Crippen LogP contribution in [0.5, 0.6) is 5.75 Å². The zero-order valence-corrected chi connectivity index (χ0v) is 12.8. The minimum absolute atomic E-state index is 0. The van der Waals surface area contributed by atoms with E-state index in [1.165, 1.54) is 5.56 Å². The maximum Gasteiger partial charge on any atom is 0.130 e. The quantitative estimate of drug-likeness (QED) is 0.668. The van der Waals surface area contributed by atoms with Gasteiger partial charge in [0.15, 0.2) is 0 Å². The molecule has 0 radical (unpaired) electrons. The van der Waals surface area contributed by atoms with E-state index in [2.05, 4.69) is 13.0 Å². The fraction of sp³-hybridized carbons (Fsp3) is 0.133. The highest BCUT2D eigenvalue weighted by molar-refractivity contribution is 5.97. The van der Waals surface area contributed by atoms with Crippen molar-refractivity contribution in [3.05, 3.63) is 65.2 Å². The van der Waals surface area contributed by atoms with Crippen molar-refractivity contribution in [2.45, 2.75) is 13.5 Å². The zero-order chi connectivity index (χ0) is 13.0. The van der Waals surface area contributed by atoms with E-state index in [0.29, 0.717) is 17.9 Å².